The molecule has 0 heterocycles. The van der Waals surface area contributed by atoms with Crippen molar-refractivity contribution in [1.29, 1.82) is 0 Å². The molecule has 0 bridgehead atoms. The Kier molecular flexibility index (Phi) is 3.21. The van der Waals surface area contributed by atoms with Crippen molar-refractivity contribution in [3.8, 4) is 0 Å². The fourth-order valence-corrected chi connectivity index (χ4v) is 2.82. The van der Waals surface area contributed by atoms with E-state index < -0.39 is 11.4 Å². The molecule has 0 aromatic heterocycles. The molecule has 1 N–H and O–H groups in total. The number of carbonyl (C=O) groups is 2. The Balaban J connectivity index is 1.84. The van der Waals surface area contributed by atoms with Gasteiger partial charge in [-0.05, 0) is 43.4 Å². The average molecular weight is 294 g/mol. The van der Waals surface area contributed by atoms with E-state index in [-0.39, 0.29) is 18.5 Å². The average Bonchev–Trinajstić information content (AvgIpc) is 3.27. The fourth-order valence-electron chi connectivity index (χ4n) is 2.69. The quantitative estimate of drug-likeness (QED) is 0.907. The first-order valence-electron chi connectivity index (χ1n) is 6.82. The summed E-state index contributed by atoms with van der Waals surface area (Å²) in [5.74, 6) is -0.984. The SMILES string of the molecule is O=C(O)CN(C(=O)C1(c2ccc(Cl)cc2)CC1)C1CC1. The van der Waals surface area contributed by atoms with Gasteiger partial charge < -0.3 is 10.0 Å². The van der Waals surface area contributed by atoms with E-state index in [4.69, 9.17) is 16.7 Å². The Morgan fingerprint density at radius 3 is 2.30 bits per heavy atom. The van der Waals surface area contributed by atoms with Gasteiger partial charge >= 0.3 is 5.97 Å². The van der Waals surface area contributed by atoms with Crippen molar-refractivity contribution in [2.24, 2.45) is 0 Å². The molecule has 2 saturated carbocycles. The summed E-state index contributed by atoms with van der Waals surface area (Å²) in [6.45, 7) is -0.196. The zero-order valence-electron chi connectivity index (χ0n) is 11.0. The van der Waals surface area contributed by atoms with E-state index in [0.717, 1.165) is 31.2 Å². The molecule has 0 saturated heterocycles. The number of amides is 1. The van der Waals surface area contributed by atoms with Crippen molar-refractivity contribution in [3.63, 3.8) is 0 Å². The van der Waals surface area contributed by atoms with E-state index in [0.29, 0.717) is 5.02 Å². The minimum atomic E-state index is -0.947. The molecule has 0 radical (unpaired) electrons. The molecule has 0 unspecified atom stereocenters. The number of hydrogen-bond donors (Lipinski definition) is 1. The monoisotopic (exact) mass is 293 g/mol. The largest absolute Gasteiger partial charge is 0.480 e. The Bertz CT molecular complexity index is 547. The first-order valence-corrected chi connectivity index (χ1v) is 7.20. The molecule has 20 heavy (non-hydrogen) atoms. The number of hydrogen-bond acceptors (Lipinski definition) is 2. The van der Waals surface area contributed by atoms with Gasteiger partial charge in [0.05, 0.1) is 5.41 Å². The lowest BCUT2D eigenvalue weighted by Gasteiger charge is -2.26. The summed E-state index contributed by atoms with van der Waals surface area (Å²) in [6.07, 6.45) is 3.40. The van der Waals surface area contributed by atoms with E-state index in [1.54, 1.807) is 17.0 Å². The van der Waals surface area contributed by atoms with Gasteiger partial charge in [-0.25, -0.2) is 0 Å². The number of carboxylic acid groups (broad SMARTS) is 1. The van der Waals surface area contributed by atoms with Crippen LogP contribution in [0.3, 0.4) is 0 Å². The molecular weight excluding hydrogens is 278 g/mol. The molecule has 2 fully saturated rings. The number of aliphatic carboxylic acids is 1. The van der Waals surface area contributed by atoms with Crippen LogP contribution in [-0.4, -0.2) is 34.5 Å². The first kappa shape index (κ1) is 13.4. The van der Waals surface area contributed by atoms with Gasteiger partial charge in [-0.2, -0.15) is 0 Å². The maximum absolute atomic E-state index is 12.8. The van der Waals surface area contributed by atoms with Gasteiger partial charge in [0.2, 0.25) is 5.91 Å². The van der Waals surface area contributed by atoms with Crippen LogP contribution in [0.25, 0.3) is 0 Å². The van der Waals surface area contributed by atoms with Crippen LogP contribution < -0.4 is 0 Å². The smallest absolute Gasteiger partial charge is 0.323 e. The lowest BCUT2D eigenvalue weighted by Crippen LogP contribution is -2.43. The van der Waals surface area contributed by atoms with Gasteiger partial charge in [0.25, 0.3) is 0 Å². The first-order chi connectivity index (χ1) is 9.53. The third-order valence-corrected chi connectivity index (χ3v) is 4.36. The summed E-state index contributed by atoms with van der Waals surface area (Å²) in [5, 5.41) is 9.63. The van der Waals surface area contributed by atoms with Gasteiger partial charge in [-0.3, -0.25) is 9.59 Å². The van der Waals surface area contributed by atoms with Gasteiger partial charge in [0, 0.05) is 11.1 Å². The molecule has 5 heteroatoms. The molecule has 4 nitrogen and oxygen atoms in total. The Morgan fingerprint density at radius 2 is 1.85 bits per heavy atom. The molecular formula is C15H16ClNO3. The minimum Gasteiger partial charge on any atom is -0.480 e. The van der Waals surface area contributed by atoms with Crippen molar-refractivity contribution in [1.82, 2.24) is 4.90 Å². The number of carboxylic acids is 1. The van der Waals surface area contributed by atoms with Gasteiger partial charge in [-0.1, -0.05) is 23.7 Å². The standard InChI is InChI=1S/C15H16ClNO3/c16-11-3-1-10(2-4-11)15(7-8-15)14(20)17(9-13(18)19)12-5-6-12/h1-4,12H,5-9H2,(H,18,19). The van der Waals surface area contributed by atoms with Crippen LogP contribution in [0.15, 0.2) is 24.3 Å². The third kappa shape index (κ3) is 2.40. The van der Waals surface area contributed by atoms with Gasteiger partial charge in [-0.15, -0.1) is 0 Å². The number of nitrogens with zero attached hydrogens (tertiary/aromatic N) is 1. The van der Waals surface area contributed by atoms with E-state index in [1.165, 1.54) is 0 Å². The molecule has 2 aliphatic rings. The van der Waals surface area contributed by atoms with Crippen LogP contribution in [0.1, 0.15) is 31.2 Å². The maximum atomic E-state index is 12.8. The van der Waals surface area contributed by atoms with Crippen LogP contribution in [0.4, 0.5) is 0 Å². The number of benzene rings is 1. The Morgan fingerprint density at radius 1 is 1.25 bits per heavy atom. The number of halogens is 1. The molecule has 1 amide bonds. The van der Waals surface area contributed by atoms with Crippen molar-refractivity contribution < 1.29 is 14.7 Å². The molecule has 2 aliphatic carbocycles. The highest BCUT2D eigenvalue weighted by Gasteiger charge is 2.55. The predicted molar refractivity (Wildman–Crippen MR) is 74.7 cm³/mol. The summed E-state index contributed by atoms with van der Waals surface area (Å²) in [6, 6.07) is 7.42. The van der Waals surface area contributed by atoms with Crippen LogP contribution >= 0.6 is 11.6 Å². The second-order valence-corrected chi connectivity index (χ2v) is 6.08. The van der Waals surface area contributed by atoms with E-state index >= 15 is 0 Å². The highest BCUT2D eigenvalue weighted by Crippen LogP contribution is 2.50. The molecule has 0 spiro atoms. The summed E-state index contributed by atoms with van der Waals surface area (Å²) in [7, 11) is 0. The highest BCUT2D eigenvalue weighted by molar-refractivity contribution is 6.30. The molecule has 0 atom stereocenters. The summed E-state index contributed by atoms with van der Waals surface area (Å²) >= 11 is 5.88. The number of rotatable bonds is 5. The fraction of sp³-hybridized carbons (Fsp3) is 0.467. The van der Waals surface area contributed by atoms with Crippen molar-refractivity contribution in [2.45, 2.75) is 37.1 Å². The Hall–Kier alpha value is -1.55. The zero-order chi connectivity index (χ0) is 14.3. The predicted octanol–water partition coefficient (Wildman–Crippen LogP) is 2.45. The van der Waals surface area contributed by atoms with E-state index in [2.05, 4.69) is 0 Å². The molecule has 1 aromatic rings. The third-order valence-electron chi connectivity index (χ3n) is 4.11. The highest BCUT2D eigenvalue weighted by atomic mass is 35.5. The molecule has 1 aromatic carbocycles. The molecule has 3 rings (SSSR count). The van der Waals surface area contributed by atoms with Gasteiger partial charge in [0.1, 0.15) is 6.54 Å². The Labute approximate surface area is 122 Å². The van der Waals surface area contributed by atoms with Crippen molar-refractivity contribution in [2.75, 3.05) is 6.54 Å². The van der Waals surface area contributed by atoms with Gasteiger partial charge in [0.15, 0.2) is 0 Å². The normalized spacial score (nSPS) is 19.4. The number of carbonyl (C=O) groups excluding carboxylic acids is 1. The van der Waals surface area contributed by atoms with Crippen LogP contribution in [0.2, 0.25) is 5.02 Å². The maximum Gasteiger partial charge on any atom is 0.323 e. The van der Waals surface area contributed by atoms with Crippen LogP contribution in [0.5, 0.6) is 0 Å². The molecule has 0 aliphatic heterocycles. The van der Waals surface area contributed by atoms with E-state index in [9.17, 15) is 9.59 Å². The summed E-state index contributed by atoms with van der Waals surface area (Å²) < 4.78 is 0. The van der Waals surface area contributed by atoms with E-state index in [1.807, 2.05) is 12.1 Å². The second-order valence-electron chi connectivity index (χ2n) is 5.65. The van der Waals surface area contributed by atoms with Crippen molar-refractivity contribution in [3.05, 3.63) is 34.9 Å². The summed E-state index contributed by atoms with van der Waals surface area (Å²) in [5.41, 5.74) is 0.436. The summed E-state index contributed by atoms with van der Waals surface area (Å²) in [4.78, 5) is 25.3. The van der Waals surface area contributed by atoms with Crippen molar-refractivity contribution >= 4 is 23.5 Å². The lowest BCUT2D eigenvalue weighted by atomic mass is 9.94. The van der Waals surface area contributed by atoms with Crippen LogP contribution in [-0.2, 0) is 15.0 Å². The molecule has 106 valence electrons. The minimum absolute atomic E-state index is 0.0373. The second kappa shape index (κ2) is 4.77. The topological polar surface area (TPSA) is 57.6 Å². The van der Waals surface area contributed by atoms with Crippen LogP contribution in [0, 0.1) is 0 Å². The zero-order valence-corrected chi connectivity index (χ0v) is 11.8. The lowest BCUT2D eigenvalue weighted by molar-refractivity contribution is -0.146.